The molecule has 2 aliphatic rings. The first-order valence-corrected chi connectivity index (χ1v) is 11.5. The van der Waals surface area contributed by atoms with E-state index in [9.17, 15) is 23.1 Å². The largest absolute Gasteiger partial charge is 0.401 e. The van der Waals surface area contributed by atoms with E-state index in [0.29, 0.717) is 27.9 Å². The fourth-order valence-electron chi connectivity index (χ4n) is 4.39. The average molecular weight is 514 g/mol. The summed E-state index contributed by atoms with van der Waals surface area (Å²) in [5.74, 6) is -0.209. The van der Waals surface area contributed by atoms with E-state index >= 15 is 0 Å². The molecule has 11 nitrogen and oxygen atoms in total. The number of urea groups is 1. The van der Waals surface area contributed by atoms with Crippen LogP contribution in [0.25, 0.3) is 22.3 Å². The van der Waals surface area contributed by atoms with Crippen molar-refractivity contribution in [2.45, 2.75) is 49.9 Å². The van der Waals surface area contributed by atoms with Gasteiger partial charge in [-0.05, 0) is 37.8 Å². The molecule has 0 spiro atoms. The summed E-state index contributed by atoms with van der Waals surface area (Å²) < 4.78 is 46.6. The first-order valence-electron chi connectivity index (χ1n) is 11.5. The van der Waals surface area contributed by atoms with Crippen LogP contribution in [0.4, 0.5) is 35.3 Å². The Morgan fingerprint density at radius 2 is 2.00 bits per heavy atom. The van der Waals surface area contributed by atoms with E-state index in [4.69, 9.17) is 15.4 Å². The number of hydrogen-bond acceptors (Lipinski definition) is 8. The van der Waals surface area contributed by atoms with Gasteiger partial charge in [0.1, 0.15) is 23.3 Å². The van der Waals surface area contributed by atoms with Gasteiger partial charge in [0, 0.05) is 22.9 Å². The maximum absolute atomic E-state index is 13.3. The number of rotatable bonds is 6. The van der Waals surface area contributed by atoms with Crippen LogP contribution in [-0.2, 0) is 12.0 Å². The number of aliphatic hydroxyl groups is 1. The number of nitrogens with two attached hydrogens (primary N) is 1. The van der Waals surface area contributed by atoms with Crippen molar-refractivity contribution >= 4 is 34.4 Å². The predicted octanol–water partition coefficient (Wildman–Crippen LogP) is 4.13. The molecule has 0 aliphatic heterocycles. The second-order valence-electron chi connectivity index (χ2n) is 9.25. The molecule has 3 heterocycles. The number of nitrogens with zero attached hydrogens (tertiary/aromatic N) is 5. The zero-order valence-corrected chi connectivity index (χ0v) is 19.2. The van der Waals surface area contributed by atoms with Crippen LogP contribution in [0.1, 0.15) is 43.0 Å². The molecule has 3 aromatic heterocycles. The van der Waals surface area contributed by atoms with E-state index in [1.165, 1.54) is 6.33 Å². The number of anilines is 3. The second-order valence-corrected chi connectivity index (χ2v) is 9.25. The van der Waals surface area contributed by atoms with Crippen LogP contribution in [0.15, 0.2) is 35.1 Å². The van der Waals surface area contributed by atoms with Gasteiger partial charge < -0.3 is 20.7 Å². The fraction of sp³-hybridized carbons (Fsp3) is 0.348. The molecule has 37 heavy (non-hydrogen) atoms. The third-order valence-corrected chi connectivity index (χ3v) is 6.72. The number of hydrogen-bond donors (Lipinski definition) is 4. The minimum absolute atomic E-state index is 0.0878. The highest BCUT2D eigenvalue weighted by atomic mass is 19.4. The summed E-state index contributed by atoms with van der Waals surface area (Å²) in [5, 5.41) is 23.7. The molecule has 192 valence electrons. The summed E-state index contributed by atoms with van der Waals surface area (Å²) in [6.45, 7) is -0.404. The van der Waals surface area contributed by atoms with Crippen LogP contribution >= 0.6 is 0 Å². The van der Waals surface area contributed by atoms with E-state index in [1.54, 1.807) is 18.2 Å². The molecule has 14 heteroatoms. The van der Waals surface area contributed by atoms with Crippen LogP contribution in [0, 0.1) is 0 Å². The molecule has 0 radical (unpaired) electrons. The Morgan fingerprint density at radius 1 is 1.22 bits per heavy atom. The highest BCUT2D eigenvalue weighted by molar-refractivity contribution is 6.01. The molecule has 2 fully saturated rings. The minimum atomic E-state index is -4.46. The second kappa shape index (κ2) is 8.16. The molecular formula is C23H21F3N8O3. The Balaban J connectivity index is 1.23. The van der Waals surface area contributed by atoms with Crippen molar-refractivity contribution in [2.24, 2.45) is 0 Å². The fourth-order valence-corrected chi connectivity index (χ4v) is 4.39. The van der Waals surface area contributed by atoms with E-state index < -0.39 is 24.2 Å². The Kier molecular flexibility index (Phi) is 5.12. The summed E-state index contributed by atoms with van der Waals surface area (Å²) in [7, 11) is 0. The molecule has 1 aromatic carbocycles. The molecule has 4 aromatic rings. The highest BCUT2D eigenvalue weighted by Crippen LogP contribution is 2.59. The molecule has 0 unspecified atom stereocenters. The highest BCUT2D eigenvalue weighted by Gasteiger charge is 2.66. The molecule has 0 saturated heterocycles. The van der Waals surface area contributed by atoms with Crippen molar-refractivity contribution < 1.29 is 27.6 Å². The lowest BCUT2D eigenvalue weighted by Crippen LogP contribution is -2.28. The van der Waals surface area contributed by atoms with Crippen LogP contribution in [0.2, 0.25) is 0 Å². The Bertz CT molecular complexity index is 1520. The molecule has 0 atom stereocenters. The van der Waals surface area contributed by atoms with Gasteiger partial charge in [-0.1, -0.05) is 11.2 Å². The summed E-state index contributed by atoms with van der Waals surface area (Å²) in [6, 6.07) is 5.50. The number of benzene rings is 1. The molecule has 2 amide bonds. The number of carbonyl (C=O) groups excluding carboxylic acids is 1. The van der Waals surface area contributed by atoms with Crippen molar-refractivity contribution in [1.82, 2.24) is 24.9 Å². The number of aromatic nitrogens is 5. The average Bonchev–Trinajstić information content (AvgIpc) is 3.78. The van der Waals surface area contributed by atoms with Crippen LogP contribution < -0.4 is 16.4 Å². The summed E-state index contributed by atoms with van der Waals surface area (Å²) in [6.07, 6.45) is -1.27. The maximum Gasteiger partial charge on any atom is 0.401 e. The van der Waals surface area contributed by atoms with Gasteiger partial charge >= 0.3 is 12.2 Å². The molecule has 6 rings (SSSR count). The van der Waals surface area contributed by atoms with Gasteiger partial charge in [-0.25, -0.2) is 19.4 Å². The van der Waals surface area contributed by atoms with Gasteiger partial charge in [0.25, 0.3) is 0 Å². The third kappa shape index (κ3) is 3.93. The predicted molar refractivity (Wildman–Crippen MR) is 125 cm³/mol. The molecule has 2 saturated carbocycles. The van der Waals surface area contributed by atoms with E-state index in [1.807, 2.05) is 4.68 Å². The van der Waals surface area contributed by atoms with Crippen LogP contribution in [0.3, 0.4) is 0 Å². The SMILES string of the molecule is Nc1ncnc2c1c(-c1ccc(NC(=O)Nc3cc(C4(C(F)(F)F)CC4)on3)c(CO)c1)nn2C1CC1. The van der Waals surface area contributed by atoms with Gasteiger partial charge in [0.05, 0.1) is 18.0 Å². The smallest absolute Gasteiger partial charge is 0.392 e. The quantitative estimate of drug-likeness (QED) is 0.299. The van der Waals surface area contributed by atoms with E-state index in [0.717, 1.165) is 18.9 Å². The third-order valence-electron chi connectivity index (χ3n) is 6.72. The standard InChI is InChI=1S/C23H21F3N8O3/c24-23(25,26)22(5-6-22)15-8-16(33-37-15)31-21(36)30-14-4-1-11(7-12(14)9-35)18-17-19(27)28-10-29-20(17)34(32-18)13-2-3-13/h1,4,7-8,10,13,35H,2-3,5-6,9H2,(H2,27,28,29)(H2,30,31,33,36). The number of nitrogens with one attached hydrogen (secondary N) is 2. The first-order chi connectivity index (χ1) is 17.7. The van der Waals surface area contributed by atoms with E-state index in [2.05, 4.69) is 25.8 Å². The Hall–Kier alpha value is -4.20. The van der Waals surface area contributed by atoms with Gasteiger partial charge in [0.2, 0.25) is 0 Å². The lowest BCUT2D eigenvalue weighted by Gasteiger charge is -2.15. The molecule has 0 bridgehead atoms. The van der Waals surface area contributed by atoms with Gasteiger partial charge in [-0.15, -0.1) is 0 Å². The normalized spacial score (nSPS) is 16.6. The maximum atomic E-state index is 13.3. The first kappa shape index (κ1) is 23.2. The molecule has 2 aliphatic carbocycles. The number of halogens is 3. The number of fused-ring (bicyclic) bond motifs is 1. The zero-order chi connectivity index (χ0) is 25.9. The lowest BCUT2D eigenvalue weighted by atomic mass is 10.0. The lowest BCUT2D eigenvalue weighted by molar-refractivity contribution is -0.165. The number of amides is 2. The molecule has 5 N–H and O–H groups in total. The zero-order valence-electron chi connectivity index (χ0n) is 19.2. The monoisotopic (exact) mass is 514 g/mol. The van der Waals surface area contributed by atoms with Gasteiger partial charge in [0.15, 0.2) is 17.2 Å². The van der Waals surface area contributed by atoms with Gasteiger partial charge in [-0.3, -0.25) is 5.32 Å². The summed E-state index contributed by atoms with van der Waals surface area (Å²) in [4.78, 5) is 20.9. The Labute approximate surface area is 206 Å². The number of aliphatic hydroxyl groups excluding tert-OH is 1. The molecular weight excluding hydrogens is 493 g/mol. The van der Waals surface area contributed by atoms with Crippen molar-refractivity contribution in [3.05, 3.63) is 41.9 Å². The van der Waals surface area contributed by atoms with Crippen molar-refractivity contribution in [3.63, 3.8) is 0 Å². The topological polar surface area (TPSA) is 157 Å². The minimum Gasteiger partial charge on any atom is -0.392 e. The van der Waals surface area contributed by atoms with Crippen molar-refractivity contribution in [1.29, 1.82) is 0 Å². The van der Waals surface area contributed by atoms with Gasteiger partial charge in [-0.2, -0.15) is 18.3 Å². The number of alkyl halides is 3. The van der Waals surface area contributed by atoms with E-state index in [-0.39, 0.29) is 42.0 Å². The summed E-state index contributed by atoms with van der Waals surface area (Å²) in [5.41, 5.74) is 6.58. The van der Waals surface area contributed by atoms with Crippen molar-refractivity contribution in [2.75, 3.05) is 16.4 Å². The number of nitrogen functional groups attached to an aromatic ring is 1. The van der Waals surface area contributed by atoms with Crippen LogP contribution in [0.5, 0.6) is 0 Å². The number of carbonyl (C=O) groups is 1. The van der Waals surface area contributed by atoms with Crippen molar-refractivity contribution in [3.8, 4) is 11.3 Å². The Morgan fingerprint density at radius 3 is 2.68 bits per heavy atom. The summed E-state index contributed by atoms with van der Waals surface area (Å²) >= 11 is 0. The van der Waals surface area contributed by atoms with Crippen LogP contribution in [-0.4, -0.2) is 42.2 Å².